The van der Waals surface area contributed by atoms with Gasteiger partial charge >= 0.3 is 5.69 Å². The van der Waals surface area contributed by atoms with Crippen molar-refractivity contribution in [1.82, 2.24) is 0 Å². The Morgan fingerprint density at radius 2 is 2.09 bits per heavy atom. The number of nitrogens with zero attached hydrogens (tertiary/aromatic N) is 1. The molecule has 0 spiro atoms. The summed E-state index contributed by atoms with van der Waals surface area (Å²) in [6.07, 6.45) is 0.501. The average Bonchev–Trinajstić information content (AvgIpc) is 2.52. The summed E-state index contributed by atoms with van der Waals surface area (Å²) in [6, 6.07) is 11.0. The van der Waals surface area contributed by atoms with Crippen molar-refractivity contribution in [2.45, 2.75) is 6.92 Å². The molecule has 0 aliphatic carbocycles. The lowest BCUT2D eigenvalue weighted by atomic mass is 10.2. The molecular formula is C16H14N2O5. The third-order valence-corrected chi connectivity index (χ3v) is 2.98. The predicted molar refractivity (Wildman–Crippen MR) is 83.8 cm³/mol. The molecule has 0 aromatic heterocycles. The molecule has 0 radical (unpaired) electrons. The Labute approximate surface area is 132 Å². The van der Waals surface area contributed by atoms with E-state index in [0.717, 1.165) is 11.6 Å². The highest BCUT2D eigenvalue weighted by Crippen LogP contribution is 2.27. The van der Waals surface area contributed by atoms with E-state index in [2.05, 4.69) is 5.32 Å². The highest BCUT2D eigenvalue weighted by molar-refractivity contribution is 5.92. The van der Waals surface area contributed by atoms with Gasteiger partial charge in [0.1, 0.15) is 6.29 Å². The first-order valence-electron chi connectivity index (χ1n) is 6.72. The molecule has 0 fully saturated rings. The fourth-order valence-electron chi connectivity index (χ4n) is 1.94. The van der Waals surface area contributed by atoms with Crippen LogP contribution in [0.1, 0.15) is 15.9 Å². The van der Waals surface area contributed by atoms with Gasteiger partial charge in [0, 0.05) is 17.3 Å². The Morgan fingerprint density at radius 1 is 1.30 bits per heavy atom. The van der Waals surface area contributed by atoms with E-state index in [0.29, 0.717) is 12.0 Å². The van der Waals surface area contributed by atoms with Crippen molar-refractivity contribution < 1.29 is 19.2 Å². The zero-order valence-electron chi connectivity index (χ0n) is 12.3. The van der Waals surface area contributed by atoms with Crippen LogP contribution in [0.5, 0.6) is 5.75 Å². The van der Waals surface area contributed by atoms with Gasteiger partial charge in [-0.3, -0.25) is 19.7 Å². The molecule has 2 aromatic carbocycles. The number of benzene rings is 2. The average molecular weight is 314 g/mol. The summed E-state index contributed by atoms with van der Waals surface area (Å²) in [5.41, 5.74) is 1.40. The van der Waals surface area contributed by atoms with Crippen LogP contribution in [0.3, 0.4) is 0 Å². The van der Waals surface area contributed by atoms with E-state index in [1.807, 2.05) is 13.0 Å². The minimum absolute atomic E-state index is 0.0695. The monoisotopic (exact) mass is 314 g/mol. The van der Waals surface area contributed by atoms with E-state index in [-0.39, 0.29) is 23.6 Å². The fraction of sp³-hybridized carbons (Fsp3) is 0.125. The first-order valence-corrected chi connectivity index (χ1v) is 6.72. The first kappa shape index (κ1) is 16.2. The molecule has 23 heavy (non-hydrogen) atoms. The number of carbonyl (C=O) groups excluding carboxylic acids is 2. The van der Waals surface area contributed by atoms with Gasteiger partial charge in [-0.2, -0.15) is 0 Å². The number of aryl methyl sites for hydroxylation is 1. The second kappa shape index (κ2) is 7.17. The third kappa shape index (κ3) is 4.37. The van der Waals surface area contributed by atoms with Crippen molar-refractivity contribution in [3.8, 4) is 5.75 Å². The maximum atomic E-state index is 11.8. The molecule has 1 amide bonds. The number of carbonyl (C=O) groups is 2. The van der Waals surface area contributed by atoms with Crippen LogP contribution < -0.4 is 10.1 Å². The summed E-state index contributed by atoms with van der Waals surface area (Å²) < 4.78 is 5.19. The molecule has 0 unspecified atom stereocenters. The van der Waals surface area contributed by atoms with E-state index in [1.54, 1.807) is 18.2 Å². The van der Waals surface area contributed by atoms with E-state index >= 15 is 0 Å². The summed E-state index contributed by atoms with van der Waals surface area (Å²) in [7, 11) is 0. The molecule has 7 nitrogen and oxygen atoms in total. The predicted octanol–water partition coefficient (Wildman–Crippen LogP) is 2.73. The lowest BCUT2D eigenvalue weighted by Crippen LogP contribution is -2.20. The number of hydrogen-bond acceptors (Lipinski definition) is 5. The molecule has 0 saturated carbocycles. The number of nitrogens with one attached hydrogen (secondary N) is 1. The smallest absolute Gasteiger partial charge is 0.311 e. The standard InChI is InChI=1S/C16H14N2O5/c1-11-3-2-4-13(7-11)17-16(20)10-23-15-6-5-12(9-19)8-14(15)18(21)22/h2-9H,10H2,1H3,(H,17,20). The number of nitro benzene ring substituents is 1. The van der Waals surface area contributed by atoms with Crippen molar-refractivity contribution in [1.29, 1.82) is 0 Å². The molecule has 0 aliphatic heterocycles. The van der Waals surface area contributed by atoms with Crippen LogP contribution in [0.2, 0.25) is 0 Å². The third-order valence-electron chi connectivity index (χ3n) is 2.98. The van der Waals surface area contributed by atoms with Crippen molar-refractivity contribution >= 4 is 23.6 Å². The maximum absolute atomic E-state index is 11.8. The van der Waals surface area contributed by atoms with E-state index in [4.69, 9.17) is 4.74 Å². The molecule has 2 aromatic rings. The van der Waals surface area contributed by atoms with Gasteiger partial charge in [-0.05, 0) is 36.8 Å². The van der Waals surface area contributed by atoms with Crippen molar-refractivity contribution in [2.75, 3.05) is 11.9 Å². The van der Waals surface area contributed by atoms with Crippen LogP contribution in [0, 0.1) is 17.0 Å². The van der Waals surface area contributed by atoms with Gasteiger partial charge in [-0.25, -0.2) is 0 Å². The Morgan fingerprint density at radius 3 is 2.74 bits per heavy atom. The molecule has 0 saturated heterocycles. The first-order chi connectivity index (χ1) is 11.0. The lowest BCUT2D eigenvalue weighted by Gasteiger charge is -2.08. The van der Waals surface area contributed by atoms with Crippen LogP contribution in [-0.4, -0.2) is 23.7 Å². The second-order valence-corrected chi connectivity index (χ2v) is 4.81. The molecule has 7 heteroatoms. The molecule has 0 atom stereocenters. The Hall–Kier alpha value is -3.22. The van der Waals surface area contributed by atoms with Crippen LogP contribution in [0.25, 0.3) is 0 Å². The highest BCUT2D eigenvalue weighted by Gasteiger charge is 2.17. The van der Waals surface area contributed by atoms with E-state index < -0.39 is 10.8 Å². The van der Waals surface area contributed by atoms with Gasteiger partial charge in [-0.1, -0.05) is 12.1 Å². The van der Waals surface area contributed by atoms with Gasteiger partial charge in [-0.15, -0.1) is 0 Å². The number of aldehydes is 1. The number of amides is 1. The number of rotatable bonds is 6. The summed E-state index contributed by atoms with van der Waals surface area (Å²) in [6.45, 7) is 1.51. The van der Waals surface area contributed by atoms with Crippen molar-refractivity contribution in [3.63, 3.8) is 0 Å². The molecule has 118 valence electrons. The maximum Gasteiger partial charge on any atom is 0.311 e. The summed E-state index contributed by atoms with van der Waals surface area (Å²) in [5.74, 6) is -0.510. The summed E-state index contributed by atoms with van der Waals surface area (Å²) in [4.78, 5) is 32.8. The van der Waals surface area contributed by atoms with E-state index in [1.165, 1.54) is 12.1 Å². The van der Waals surface area contributed by atoms with Crippen LogP contribution in [0.15, 0.2) is 42.5 Å². The van der Waals surface area contributed by atoms with Crippen molar-refractivity contribution in [3.05, 3.63) is 63.7 Å². The summed E-state index contributed by atoms with van der Waals surface area (Å²) >= 11 is 0. The van der Waals surface area contributed by atoms with Crippen molar-refractivity contribution in [2.24, 2.45) is 0 Å². The number of ether oxygens (including phenoxy) is 1. The topological polar surface area (TPSA) is 98.5 Å². The SMILES string of the molecule is Cc1cccc(NC(=O)COc2ccc(C=O)cc2[N+](=O)[O-])c1. The number of nitro groups is 1. The Balaban J connectivity index is 2.04. The van der Waals surface area contributed by atoms with E-state index in [9.17, 15) is 19.7 Å². The summed E-state index contributed by atoms with van der Waals surface area (Å²) in [5, 5.41) is 13.6. The number of anilines is 1. The Kier molecular flexibility index (Phi) is 5.03. The highest BCUT2D eigenvalue weighted by atomic mass is 16.6. The normalized spacial score (nSPS) is 9.96. The van der Waals surface area contributed by atoms with Crippen LogP contribution in [0.4, 0.5) is 11.4 Å². The van der Waals surface area contributed by atoms with Gasteiger partial charge < -0.3 is 10.1 Å². The number of hydrogen-bond donors (Lipinski definition) is 1. The van der Waals surface area contributed by atoms with Gasteiger partial charge in [0.2, 0.25) is 0 Å². The molecule has 2 rings (SSSR count). The lowest BCUT2D eigenvalue weighted by molar-refractivity contribution is -0.385. The molecule has 0 heterocycles. The molecular weight excluding hydrogens is 300 g/mol. The quantitative estimate of drug-likeness (QED) is 0.502. The minimum atomic E-state index is -0.666. The molecule has 0 aliphatic rings. The zero-order valence-corrected chi connectivity index (χ0v) is 12.3. The Bertz CT molecular complexity index is 758. The molecule has 1 N–H and O–H groups in total. The van der Waals surface area contributed by atoms with Gasteiger partial charge in [0.15, 0.2) is 12.4 Å². The minimum Gasteiger partial charge on any atom is -0.477 e. The largest absolute Gasteiger partial charge is 0.477 e. The second-order valence-electron chi connectivity index (χ2n) is 4.81. The molecule has 0 bridgehead atoms. The van der Waals surface area contributed by atoms with Crippen LogP contribution >= 0.6 is 0 Å². The van der Waals surface area contributed by atoms with Crippen LogP contribution in [-0.2, 0) is 4.79 Å². The zero-order chi connectivity index (χ0) is 16.8. The van der Waals surface area contributed by atoms with Gasteiger partial charge in [0.05, 0.1) is 4.92 Å². The fourth-order valence-corrected chi connectivity index (χ4v) is 1.94. The van der Waals surface area contributed by atoms with Gasteiger partial charge in [0.25, 0.3) is 5.91 Å².